The molecule has 0 spiro atoms. The van der Waals surface area contributed by atoms with Crippen molar-refractivity contribution in [3.8, 4) is 33.4 Å². The van der Waals surface area contributed by atoms with Gasteiger partial charge in [0, 0.05) is 53.3 Å². The van der Waals surface area contributed by atoms with Crippen LogP contribution in [0.15, 0.2) is 199 Å². The van der Waals surface area contributed by atoms with E-state index in [4.69, 9.17) is 4.42 Å². The van der Waals surface area contributed by atoms with Crippen molar-refractivity contribution < 1.29 is 4.42 Å². The molecule has 3 heteroatoms. The third-order valence-corrected chi connectivity index (χ3v) is 14.2. The Hall–Kier alpha value is -6.94. The average Bonchev–Trinajstić information content (AvgIpc) is 3.91. The Morgan fingerprint density at radius 2 is 1.02 bits per heavy atom. The monoisotopic (exact) mass is 801 g/mol. The van der Waals surface area contributed by atoms with E-state index in [1.54, 1.807) is 0 Å². The van der Waals surface area contributed by atoms with E-state index in [1.165, 1.54) is 90.9 Å². The van der Waals surface area contributed by atoms with Gasteiger partial charge in [-0.1, -0.05) is 171 Å². The van der Waals surface area contributed by atoms with E-state index in [1.807, 2.05) is 11.3 Å². The first kappa shape index (κ1) is 36.0. The number of benzene rings is 9. The molecule has 1 fully saturated rings. The highest BCUT2D eigenvalue weighted by Gasteiger charge is 2.25. The number of para-hydroxylation sites is 4. The van der Waals surface area contributed by atoms with Crippen LogP contribution in [-0.2, 0) is 0 Å². The molecule has 2 aromatic heterocycles. The maximum absolute atomic E-state index is 6.70. The smallest absolute Gasteiger partial charge is 0.143 e. The van der Waals surface area contributed by atoms with Gasteiger partial charge >= 0.3 is 0 Å². The van der Waals surface area contributed by atoms with Crippen LogP contribution in [0, 0.1) is 0 Å². The van der Waals surface area contributed by atoms with Gasteiger partial charge in [0.25, 0.3) is 0 Å². The molecule has 0 aliphatic heterocycles. The highest BCUT2D eigenvalue weighted by atomic mass is 32.1. The zero-order valence-electron chi connectivity index (χ0n) is 33.9. The summed E-state index contributed by atoms with van der Waals surface area (Å²) in [6, 6.07) is 71.4. The Kier molecular flexibility index (Phi) is 8.82. The summed E-state index contributed by atoms with van der Waals surface area (Å²) in [5.41, 5.74) is 13.8. The lowest BCUT2D eigenvalue weighted by atomic mass is 9.80. The third kappa shape index (κ3) is 6.06. The normalized spacial score (nSPS) is 13.5. The van der Waals surface area contributed by atoms with E-state index in [-0.39, 0.29) is 0 Å². The Labute approximate surface area is 360 Å². The summed E-state index contributed by atoms with van der Waals surface area (Å²) in [6.45, 7) is 0. The Bertz CT molecular complexity index is 3410. The molecule has 0 radical (unpaired) electrons. The summed E-state index contributed by atoms with van der Waals surface area (Å²) < 4.78 is 9.34. The molecule has 9 aromatic carbocycles. The van der Waals surface area contributed by atoms with Gasteiger partial charge in [0.2, 0.25) is 0 Å². The molecule has 292 valence electrons. The third-order valence-electron chi connectivity index (χ3n) is 13.1. The molecule has 1 aliphatic rings. The van der Waals surface area contributed by atoms with Gasteiger partial charge in [-0.2, -0.15) is 0 Å². The van der Waals surface area contributed by atoms with Gasteiger partial charge in [0.05, 0.1) is 11.4 Å². The van der Waals surface area contributed by atoms with E-state index in [0.717, 1.165) is 50.1 Å². The molecular formula is C58H43NOS. The first-order valence-electron chi connectivity index (χ1n) is 21.7. The molecule has 0 saturated heterocycles. The highest BCUT2D eigenvalue weighted by molar-refractivity contribution is 7.25. The quantitative estimate of drug-likeness (QED) is 0.160. The fourth-order valence-electron chi connectivity index (χ4n) is 10.3. The van der Waals surface area contributed by atoms with Crippen LogP contribution in [0.3, 0.4) is 0 Å². The topological polar surface area (TPSA) is 16.4 Å². The summed E-state index contributed by atoms with van der Waals surface area (Å²) >= 11 is 1.87. The number of anilines is 3. The number of hydrogen-bond donors (Lipinski definition) is 0. The number of fused-ring (bicyclic) bond motifs is 7. The minimum Gasteiger partial charge on any atom is -0.455 e. The first-order chi connectivity index (χ1) is 30.3. The Balaban J connectivity index is 1.09. The minimum atomic E-state index is 0.573. The van der Waals surface area contributed by atoms with Crippen molar-refractivity contribution in [2.45, 2.75) is 38.0 Å². The van der Waals surface area contributed by atoms with Gasteiger partial charge in [-0.05, 0) is 94.3 Å². The molecule has 0 amide bonds. The molecule has 0 N–H and O–H groups in total. The van der Waals surface area contributed by atoms with Crippen LogP contribution in [0.2, 0.25) is 0 Å². The van der Waals surface area contributed by atoms with Crippen LogP contribution < -0.4 is 4.90 Å². The van der Waals surface area contributed by atoms with Crippen molar-refractivity contribution in [2.24, 2.45) is 0 Å². The molecular weight excluding hydrogens is 759 g/mol. The molecule has 0 unspecified atom stereocenters. The molecule has 61 heavy (non-hydrogen) atoms. The molecule has 2 heterocycles. The van der Waals surface area contributed by atoms with Gasteiger partial charge in [0.1, 0.15) is 11.2 Å². The number of rotatable bonds is 7. The Morgan fingerprint density at radius 3 is 1.84 bits per heavy atom. The van der Waals surface area contributed by atoms with Crippen molar-refractivity contribution in [2.75, 3.05) is 4.90 Å². The number of furan rings is 1. The van der Waals surface area contributed by atoms with Gasteiger partial charge < -0.3 is 9.32 Å². The lowest BCUT2D eigenvalue weighted by Crippen LogP contribution is -2.12. The van der Waals surface area contributed by atoms with E-state index in [9.17, 15) is 0 Å². The van der Waals surface area contributed by atoms with E-state index >= 15 is 0 Å². The summed E-state index contributed by atoms with van der Waals surface area (Å²) in [5.74, 6) is 0.573. The van der Waals surface area contributed by atoms with Crippen LogP contribution in [0.1, 0.15) is 43.6 Å². The van der Waals surface area contributed by atoms with Crippen molar-refractivity contribution in [3.63, 3.8) is 0 Å². The molecule has 11 aromatic rings. The fraction of sp³-hybridized carbons (Fsp3) is 0.103. The minimum absolute atomic E-state index is 0.573. The maximum atomic E-state index is 6.70. The van der Waals surface area contributed by atoms with Crippen molar-refractivity contribution in [3.05, 3.63) is 200 Å². The largest absolute Gasteiger partial charge is 0.455 e. The molecule has 1 saturated carbocycles. The van der Waals surface area contributed by atoms with E-state index in [0.29, 0.717) is 5.92 Å². The van der Waals surface area contributed by atoms with Crippen molar-refractivity contribution >= 4 is 81.3 Å². The summed E-state index contributed by atoms with van der Waals surface area (Å²) in [6.07, 6.45) is 6.45. The Morgan fingerprint density at radius 1 is 0.426 bits per heavy atom. The lowest BCUT2D eigenvalue weighted by Gasteiger charge is -2.31. The predicted molar refractivity (Wildman–Crippen MR) is 261 cm³/mol. The maximum Gasteiger partial charge on any atom is 0.143 e. The highest BCUT2D eigenvalue weighted by Crippen LogP contribution is 2.49. The summed E-state index contributed by atoms with van der Waals surface area (Å²) in [4.78, 5) is 2.48. The molecule has 2 nitrogen and oxygen atoms in total. The average molecular weight is 802 g/mol. The van der Waals surface area contributed by atoms with Crippen LogP contribution in [0.4, 0.5) is 17.1 Å². The number of thiophene rings is 1. The van der Waals surface area contributed by atoms with Crippen LogP contribution >= 0.6 is 11.3 Å². The van der Waals surface area contributed by atoms with Gasteiger partial charge in [-0.25, -0.2) is 0 Å². The summed E-state index contributed by atoms with van der Waals surface area (Å²) in [7, 11) is 0. The van der Waals surface area contributed by atoms with Crippen LogP contribution in [0.25, 0.3) is 86.3 Å². The molecule has 1 aliphatic carbocycles. The summed E-state index contributed by atoms with van der Waals surface area (Å²) in [5, 5.41) is 7.59. The predicted octanol–water partition coefficient (Wildman–Crippen LogP) is 17.6. The molecule has 0 bridgehead atoms. The first-order valence-corrected chi connectivity index (χ1v) is 22.5. The van der Waals surface area contributed by atoms with E-state index in [2.05, 4.69) is 199 Å². The molecule has 0 atom stereocenters. The zero-order valence-corrected chi connectivity index (χ0v) is 34.7. The van der Waals surface area contributed by atoms with Crippen molar-refractivity contribution in [1.29, 1.82) is 0 Å². The van der Waals surface area contributed by atoms with E-state index < -0.39 is 0 Å². The lowest BCUT2D eigenvalue weighted by molar-refractivity contribution is 0.445. The number of hydrogen-bond acceptors (Lipinski definition) is 3. The standard InChI is InChI=1S/C58H43NOS/c1-2-16-38(17-3-1)42-24-12-18-40-19-13-26-47(56(40)42)44-20-4-8-29-51(44)59(41-36-34-39(35-37-41)43-25-15-33-55-57(43)50-23-7-11-32-54(50)61-55)52-30-9-5-21-45(52)48-27-14-28-49-46-22-6-10-31-53(46)60-58(48)49/h4-15,18-38H,1-3,16-17H2. The molecule has 12 rings (SSSR count). The second-order valence-electron chi connectivity index (χ2n) is 16.6. The van der Waals surface area contributed by atoms with Gasteiger partial charge in [-0.3, -0.25) is 0 Å². The number of nitrogens with zero attached hydrogens (tertiary/aromatic N) is 1. The van der Waals surface area contributed by atoms with Crippen LogP contribution in [-0.4, -0.2) is 0 Å². The van der Waals surface area contributed by atoms with Gasteiger partial charge in [-0.15, -0.1) is 11.3 Å². The SMILES string of the molecule is c1ccc(N(c2ccc(-c3cccc4sc5ccccc5c34)cc2)c2ccccc2-c2cccc3cccc(C4CCCCC4)c23)c(-c2cccc3c2oc2ccccc23)c1. The van der Waals surface area contributed by atoms with Gasteiger partial charge in [0.15, 0.2) is 0 Å². The second kappa shape index (κ2) is 15.0. The van der Waals surface area contributed by atoms with Crippen molar-refractivity contribution in [1.82, 2.24) is 0 Å². The fourth-order valence-corrected chi connectivity index (χ4v) is 11.4. The van der Waals surface area contributed by atoms with Crippen LogP contribution in [0.5, 0.6) is 0 Å². The zero-order chi connectivity index (χ0) is 40.3. The second-order valence-corrected chi connectivity index (χ2v) is 17.6.